The second-order valence-corrected chi connectivity index (χ2v) is 16.7. The largest absolute Gasteiger partial charge is 0.481 e. The van der Waals surface area contributed by atoms with E-state index in [4.69, 9.17) is 10.5 Å². The number of rotatable bonds is 9. The number of halogens is 6. The number of hydrogen-bond acceptors (Lipinski definition) is 14. The Bertz CT molecular complexity index is 2680. The van der Waals surface area contributed by atoms with E-state index in [1.165, 1.54) is 25.6 Å². The minimum atomic E-state index is -2.68. The van der Waals surface area contributed by atoms with Crippen molar-refractivity contribution in [2.24, 2.45) is 5.73 Å². The molecule has 3 aliphatic rings. The number of carbonyl (C=O) groups is 3. The van der Waals surface area contributed by atoms with Crippen molar-refractivity contribution in [3.8, 4) is 5.88 Å². The first-order chi connectivity index (χ1) is 32.6. The van der Waals surface area contributed by atoms with Crippen molar-refractivity contribution in [2.45, 2.75) is 77.1 Å². The number of aryl methyl sites for hydroxylation is 3. The lowest BCUT2D eigenvalue weighted by Gasteiger charge is -2.33. The number of alkyl halides is 6. The highest BCUT2D eigenvalue weighted by Crippen LogP contribution is 2.34. The number of anilines is 5. The average molecular weight is 968 g/mol. The third-order valence-corrected chi connectivity index (χ3v) is 11.1. The van der Waals surface area contributed by atoms with Crippen molar-refractivity contribution in [3.05, 3.63) is 105 Å². The zero-order valence-electron chi connectivity index (χ0n) is 38.2. The van der Waals surface area contributed by atoms with Crippen molar-refractivity contribution in [2.75, 3.05) is 71.7 Å². The molecule has 5 aromatic rings. The highest BCUT2D eigenvalue weighted by atomic mass is 19.3. The molecule has 3 aliphatic heterocycles. The van der Waals surface area contributed by atoms with E-state index in [0.29, 0.717) is 34.5 Å². The average Bonchev–Trinajstić information content (AvgIpc) is 3.30. The van der Waals surface area contributed by atoms with Crippen LogP contribution < -0.4 is 41.4 Å². The smallest absolute Gasteiger partial charge is 0.261 e. The minimum Gasteiger partial charge on any atom is -0.481 e. The van der Waals surface area contributed by atoms with E-state index < -0.39 is 41.0 Å². The second-order valence-electron chi connectivity index (χ2n) is 16.7. The van der Waals surface area contributed by atoms with Gasteiger partial charge in [0.2, 0.25) is 17.8 Å². The van der Waals surface area contributed by atoms with E-state index in [1.54, 1.807) is 78.3 Å². The van der Waals surface area contributed by atoms with E-state index >= 15 is 0 Å². The maximum Gasteiger partial charge on any atom is 0.261 e. The number of carbonyl (C=O) groups excluding carboxylic acids is 3. The molecule has 0 atom stereocenters. The van der Waals surface area contributed by atoms with Gasteiger partial charge in [0.05, 0.1) is 23.8 Å². The summed E-state index contributed by atoms with van der Waals surface area (Å²) in [6.45, 7) is 6.26. The van der Waals surface area contributed by atoms with Crippen molar-refractivity contribution in [3.63, 3.8) is 0 Å². The highest BCUT2D eigenvalue weighted by molar-refractivity contribution is 6.07. The van der Waals surface area contributed by atoms with Crippen LogP contribution >= 0.6 is 0 Å². The van der Waals surface area contributed by atoms with Crippen LogP contribution in [0.3, 0.4) is 0 Å². The van der Waals surface area contributed by atoms with Crippen molar-refractivity contribution in [1.82, 2.24) is 34.9 Å². The molecule has 0 unspecified atom stereocenters. The first kappa shape index (κ1) is 51.0. The van der Waals surface area contributed by atoms with E-state index in [2.05, 4.69) is 45.5 Å². The Balaban J connectivity index is 0.000000173. The molecule has 8 heterocycles. The van der Waals surface area contributed by atoms with Gasteiger partial charge in [0.25, 0.3) is 41.0 Å². The van der Waals surface area contributed by atoms with Crippen LogP contribution in [0.25, 0.3) is 0 Å². The van der Waals surface area contributed by atoms with E-state index in [-0.39, 0.29) is 95.3 Å². The fourth-order valence-electron chi connectivity index (χ4n) is 7.39. The molecular formula is C45H51F6N13O5. The molecule has 0 saturated carbocycles. The van der Waals surface area contributed by atoms with Crippen molar-refractivity contribution < 1.29 is 45.5 Å². The molecule has 0 radical (unpaired) electrons. The summed E-state index contributed by atoms with van der Waals surface area (Å²) in [6, 6.07) is 7.72. The minimum absolute atomic E-state index is 0.00938. The number of aromatic amines is 1. The van der Waals surface area contributed by atoms with Gasteiger partial charge in [-0.1, -0.05) is 0 Å². The Morgan fingerprint density at radius 3 is 1.41 bits per heavy atom. The van der Waals surface area contributed by atoms with Gasteiger partial charge in [0, 0.05) is 121 Å². The Morgan fingerprint density at radius 1 is 0.609 bits per heavy atom. The number of nitrogens with zero attached hydrogens (tertiary/aromatic N) is 9. The maximum absolute atomic E-state index is 13.4. The Hall–Kier alpha value is -7.40. The van der Waals surface area contributed by atoms with Crippen LogP contribution in [-0.2, 0) is 0 Å². The zero-order valence-corrected chi connectivity index (χ0v) is 38.2. The molecule has 0 aliphatic carbocycles. The monoisotopic (exact) mass is 967 g/mol. The SMILES string of the molecule is COc1ccnc(NC(=O)c2cc(C)cnc2N2CCC(F)(F)CC2)n1.Cc1cnc(N2CCC(F)(F)CC2)c(C(=O)Nc2nccc(=O)[nH]2)c1.Cc1cnc(N2CCC(F)(F)CC2)c(C(N)=O)c1. The van der Waals surface area contributed by atoms with Crippen LogP contribution in [0.5, 0.6) is 5.88 Å². The van der Waals surface area contributed by atoms with Crippen LogP contribution in [0.2, 0.25) is 0 Å². The fourth-order valence-corrected chi connectivity index (χ4v) is 7.39. The molecule has 0 bridgehead atoms. The number of methoxy groups -OCH3 is 1. The standard InChI is InChI=1S/C17H19F2N5O2.C16H17F2N5O2.C12H15F2N3O/c1-11-9-12(15(25)23-16-20-6-3-13(22-16)26-2)14(21-10-11)24-7-4-17(18,19)5-8-24;1-10-8-11(14(25)22-15-19-5-2-12(24)21-15)13(20-9-10)23-6-3-16(17,18)4-7-23;1-8-6-9(10(15)18)11(16-7-8)17-4-2-12(13,14)3-5-17/h3,6,9-10H,4-5,7-8H2,1-2H3,(H,20,22,23,25);2,5,8-9H,3-4,6-7H2,1H3,(H2,19,21,22,24,25);6-7H,2-5H2,1H3,(H2,15,18). The van der Waals surface area contributed by atoms with E-state index in [1.807, 2.05) is 0 Å². The summed E-state index contributed by atoms with van der Waals surface area (Å²) in [5.41, 5.74) is 8.08. The number of primary amides is 1. The summed E-state index contributed by atoms with van der Waals surface area (Å²) in [5, 5.41) is 5.10. The lowest BCUT2D eigenvalue weighted by atomic mass is 10.1. The number of amides is 3. The predicted octanol–water partition coefficient (Wildman–Crippen LogP) is 6.36. The number of nitrogens with two attached hydrogens (primary N) is 1. The molecular weight excluding hydrogens is 917 g/mol. The van der Waals surface area contributed by atoms with E-state index in [0.717, 1.165) is 16.7 Å². The van der Waals surface area contributed by atoms with Crippen molar-refractivity contribution in [1.29, 1.82) is 0 Å². The normalized spacial score (nSPS) is 17.0. The summed E-state index contributed by atoms with van der Waals surface area (Å²) in [7, 11) is 1.46. The highest BCUT2D eigenvalue weighted by Gasteiger charge is 2.38. The van der Waals surface area contributed by atoms with Gasteiger partial charge in [0.15, 0.2) is 0 Å². The molecule has 368 valence electrons. The topological polar surface area (TPSA) is 230 Å². The molecule has 3 fully saturated rings. The fraction of sp³-hybridized carbons (Fsp3) is 0.422. The molecule has 8 rings (SSSR count). The number of aromatic nitrogens is 7. The van der Waals surface area contributed by atoms with Gasteiger partial charge in [-0.25, -0.2) is 51.3 Å². The van der Waals surface area contributed by atoms with Gasteiger partial charge in [-0.3, -0.25) is 34.8 Å². The lowest BCUT2D eigenvalue weighted by molar-refractivity contribution is -0.0228. The third kappa shape index (κ3) is 14.1. The van der Waals surface area contributed by atoms with Gasteiger partial charge in [-0.2, -0.15) is 4.98 Å². The van der Waals surface area contributed by atoms with Gasteiger partial charge in [-0.05, 0) is 55.7 Å². The first-order valence-electron chi connectivity index (χ1n) is 21.7. The summed E-state index contributed by atoms with van der Waals surface area (Å²) < 4.78 is 84.8. The first-order valence-corrected chi connectivity index (χ1v) is 21.7. The molecule has 5 aromatic heterocycles. The maximum atomic E-state index is 13.4. The van der Waals surface area contributed by atoms with Gasteiger partial charge >= 0.3 is 0 Å². The molecule has 24 heteroatoms. The Morgan fingerprint density at radius 2 is 1.00 bits per heavy atom. The number of H-pyrrole nitrogens is 1. The molecule has 3 amide bonds. The predicted molar refractivity (Wildman–Crippen MR) is 244 cm³/mol. The van der Waals surface area contributed by atoms with Crippen molar-refractivity contribution >= 4 is 47.1 Å². The molecule has 3 saturated heterocycles. The van der Waals surface area contributed by atoms with E-state index in [9.17, 15) is 45.5 Å². The number of ether oxygens (including phenoxy) is 1. The van der Waals surface area contributed by atoms with Gasteiger partial charge in [0.1, 0.15) is 17.5 Å². The van der Waals surface area contributed by atoms with Gasteiger partial charge in [-0.15, -0.1) is 0 Å². The molecule has 0 spiro atoms. The Labute approximate surface area is 392 Å². The molecule has 69 heavy (non-hydrogen) atoms. The zero-order chi connectivity index (χ0) is 50.1. The number of piperidine rings is 3. The molecule has 18 nitrogen and oxygen atoms in total. The number of pyridine rings is 3. The molecule has 0 aromatic carbocycles. The second kappa shape index (κ2) is 21.7. The number of hydrogen-bond donors (Lipinski definition) is 4. The molecule has 5 N–H and O–H groups in total. The van der Waals surface area contributed by atoms with Crippen LogP contribution in [0, 0.1) is 20.8 Å². The lowest BCUT2D eigenvalue weighted by Crippen LogP contribution is -2.40. The third-order valence-electron chi connectivity index (χ3n) is 11.1. The summed E-state index contributed by atoms with van der Waals surface area (Å²) >= 11 is 0. The van der Waals surface area contributed by atoms with Crippen LogP contribution in [0.1, 0.15) is 86.3 Å². The van der Waals surface area contributed by atoms with Crippen LogP contribution in [-0.4, -0.2) is 117 Å². The summed E-state index contributed by atoms with van der Waals surface area (Å²) in [4.78, 5) is 80.0. The quantitative estimate of drug-likeness (QED) is 0.118. The number of nitrogens with one attached hydrogen (secondary N) is 3. The summed E-state index contributed by atoms with van der Waals surface area (Å²) in [5.74, 6) is -7.98. The summed E-state index contributed by atoms with van der Waals surface area (Å²) in [6.07, 6.45) is 6.01. The Kier molecular flexibility index (Phi) is 16.0. The van der Waals surface area contributed by atoms with Gasteiger partial charge < -0.3 is 25.2 Å². The van der Waals surface area contributed by atoms with Crippen LogP contribution in [0.15, 0.2) is 66.1 Å². The van der Waals surface area contributed by atoms with Crippen LogP contribution in [0.4, 0.5) is 55.7 Å².